The summed E-state index contributed by atoms with van der Waals surface area (Å²) in [4.78, 5) is 3.85. The van der Waals surface area contributed by atoms with Crippen LogP contribution in [0.15, 0.2) is 18.5 Å². The van der Waals surface area contributed by atoms with Crippen LogP contribution in [-0.2, 0) is 0 Å². The Hall–Kier alpha value is -0.800. The van der Waals surface area contributed by atoms with Gasteiger partial charge in [-0.05, 0) is 7.05 Å². The summed E-state index contributed by atoms with van der Waals surface area (Å²) < 4.78 is 5.34. The molecule has 0 amide bonds. The normalized spacial score (nSPS) is 9.83. The zero-order valence-electron chi connectivity index (χ0n) is 6.88. The summed E-state index contributed by atoms with van der Waals surface area (Å²) in [5.74, 6) is 0.682. The number of halogens is 1. The molecule has 0 aliphatic carbocycles. The molecule has 0 saturated carbocycles. The van der Waals surface area contributed by atoms with Crippen molar-refractivity contribution in [2.24, 2.45) is 0 Å². The van der Waals surface area contributed by atoms with E-state index in [1.165, 1.54) is 0 Å². The van der Waals surface area contributed by atoms with E-state index >= 15 is 0 Å². The monoisotopic (exact) mass is 186 g/mol. The summed E-state index contributed by atoms with van der Waals surface area (Å²) in [7, 11) is 1.87. The zero-order chi connectivity index (χ0) is 8.81. The van der Waals surface area contributed by atoms with Crippen molar-refractivity contribution in [2.45, 2.75) is 0 Å². The number of likely N-dealkylation sites (N-methyl/N-ethyl adjacent to an activating group) is 1. The van der Waals surface area contributed by atoms with Gasteiger partial charge in [-0.25, -0.2) is 0 Å². The highest BCUT2D eigenvalue weighted by molar-refractivity contribution is 6.31. The van der Waals surface area contributed by atoms with E-state index in [1.54, 1.807) is 18.5 Å². The third-order valence-corrected chi connectivity index (χ3v) is 1.63. The molecule has 0 atom stereocenters. The molecule has 0 bridgehead atoms. The van der Waals surface area contributed by atoms with Crippen LogP contribution in [0.1, 0.15) is 0 Å². The van der Waals surface area contributed by atoms with Crippen LogP contribution < -0.4 is 10.1 Å². The molecule has 0 aliphatic heterocycles. The number of nitrogens with one attached hydrogen (secondary N) is 1. The molecule has 66 valence electrons. The van der Waals surface area contributed by atoms with Crippen molar-refractivity contribution in [3.05, 3.63) is 23.5 Å². The van der Waals surface area contributed by atoms with Gasteiger partial charge in [-0.1, -0.05) is 11.6 Å². The Kier molecular flexibility index (Phi) is 3.84. The van der Waals surface area contributed by atoms with Crippen molar-refractivity contribution >= 4 is 11.6 Å². The zero-order valence-corrected chi connectivity index (χ0v) is 7.64. The van der Waals surface area contributed by atoms with Crippen LogP contribution in [0.3, 0.4) is 0 Å². The lowest BCUT2D eigenvalue weighted by molar-refractivity contribution is 0.318. The van der Waals surface area contributed by atoms with Crippen LogP contribution in [0.4, 0.5) is 0 Å². The topological polar surface area (TPSA) is 34.1 Å². The van der Waals surface area contributed by atoms with Gasteiger partial charge in [-0.15, -0.1) is 0 Å². The largest absolute Gasteiger partial charge is 0.491 e. The van der Waals surface area contributed by atoms with Crippen LogP contribution in [-0.4, -0.2) is 25.2 Å². The first kappa shape index (κ1) is 9.29. The van der Waals surface area contributed by atoms with E-state index in [0.29, 0.717) is 17.4 Å². The first-order valence-electron chi connectivity index (χ1n) is 3.71. The van der Waals surface area contributed by atoms with Crippen molar-refractivity contribution in [2.75, 3.05) is 20.2 Å². The van der Waals surface area contributed by atoms with Crippen LogP contribution in [0, 0.1) is 0 Å². The predicted molar refractivity (Wildman–Crippen MR) is 48.7 cm³/mol. The highest BCUT2D eigenvalue weighted by atomic mass is 35.5. The lowest BCUT2D eigenvalue weighted by atomic mass is 10.4. The minimum atomic E-state index is 0.550. The van der Waals surface area contributed by atoms with Crippen LogP contribution in [0.2, 0.25) is 5.02 Å². The second-order valence-corrected chi connectivity index (χ2v) is 2.67. The number of pyridine rings is 1. The van der Waals surface area contributed by atoms with Crippen molar-refractivity contribution in [3.63, 3.8) is 0 Å². The number of ether oxygens (including phenoxy) is 1. The summed E-state index contributed by atoms with van der Waals surface area (Å²) >= 11 is 5.80. The molecule has 12 heavy (non-hydrogen) atoms. The Labute approximate surface area is 76.7 Å². The van der Waals surface area contributed by atoms with E-state index in [0.717, 1.165) is 6.54 Å². The van der Waals surface area contributed by atoms with E-state index < -0.39 is 0 Å². The third kappa shape index (κ3) is 2.68. The van der Waals surface area contributed by atoms with Crippen LogP contribution in [0.25, 0.3) is 0 Å². The SMILES string of the molecule is CNCCOc1ccncc1Cl. The number of aromatic nitrogens is 1. The summed E-state index contributed by atoms with van der Waals surface area (Å²) in [5.41, 5.74) is 0. The van der Waals surface area contributed by atoms with Gasteiger partial charge in [0.15, 0.2) is 0 Å². The molecule has 0 aliphatic rings. The van der Waals surface area contributed by atoms with Crippen molar-refractivity contribution < 1.29 is 4.74 Å². The average molecular weight is 187 g/mol. The fourth-order valence-electron chi connectivity index (χ4n) is 0.743. The molecule has 0 saturated heterocycles. The van der Waals surface area contributed by atoms with E-state index in [1.807, 2.05) is 7.05 Å². The molecule has 4 heteroatoms. The van der Waals surface area contributed by atoms with Gasteiger partial charge in [0, 0.05) is 25.0 Å². The third-order valence-electron chi connectivity index (χ3n) is 1.34. The van der Waals surface area contributed by atoms with E-state index in [-0.39, 0.29) is 0 Å². The molecule has 0 radical (unpaired) electrons. The lowest BCUT2D eigenvalue weighted by Crippen LogP contribution is -2.16. The molecule has 3 nitrogen and oxygen atoms in total. The number of hydrogen-bond acceptors (Lipinski definition) is 3. The number of rotatable bonds is 4. The quantitative estimate of drug-likeness (QED) is 0.721. The fraction of sp³-hybridized carbons (Fsp3) is 0.375. The van der Waals surface area contributed by atoms with Gasteiger partial charge >= 0.3 is 0 Å². The molecule has 0 aromatic carbocycles. The molecule has 0 unspecified atom stereocenters. The predicted octanol–water partition coefficient (Wildman–Crippen LogP) is 1.33. The van der Waals surface area contributed by atoms with Gasteiger partial charge in [0.2, 0.25) is 0 Å². The molecule has 1 heterocycles. The second-order valence-electron chi connectivity index (χ2n) is 2.26. The Bertz CT molecular complexity index is 242. The maximum absolute atomic E-state index is 5.80. The highest BCUT2D eigenvalue weighted by Crippen LogP contribution is 2.21. The summed E-state index contributed by atoms with van der Waals surface area (Å²) in [6.07, 6.45) is 3.22. The minimum absolute atomic E-state index is 0.550. The first-order valence-corrected chi connectivity index (χ1v) is 4.09. The summed E-state index contributed by atoms with van der Waals surface area (Å²) in [5, 5.41) is 3.52. The Morgan fingerprint density at radius 2 is 2.50 bits per heavy atom. The summed E-state index contributed by atoms with van der Waals surface area (Å²) in [6, 6.07) is 1.75. The van der Waals surface area contributed by atoms with Crippen molar-refractivity contribution in [3.8, 4) is 5.75 Å². The molecule has 1 aromatic heterocycles. The molecule has 1 rings (SSSR count). The first-order chi connectivity index (χ1) is 5.84. The van der Waals surface area contributed by atoms with E-state index in [9.17, 15) is 0 Å². The lowest BCUT2D eigenvalue weighted by Gasteiger charge is -2.05. The van der Waals surface area contributed by atoms with Gasteiger partial charge in [-0.3, -0.25) is 4.98 Å². The Balaban J connectivity index is 2.46. The highest BCUT2D eigenvalue weighted by Gasteiger charge is 1.98. The molecular weight excluding hydrogens is 176 g/mol. The van der Waals surface area contributed by atoms with Gasteiger partial charge < -0.3 is 10.1 Å². The second kappa shape index (κ2) is 4.95. The number of nitrogens with zero attached hydrogens (tertiary/aromatic N) is 1. The van der Waals surface area contributed by atoms with Gasteiger partial charge in [0.1, 0.15) is 17.4 Å². The number of hydrogen-bond donors (Lipinski definition) is 1. The van der Waals surface area contributed by atoms with Gasteiger partial charge in [0.25, 0.3) is 0 Å². The maximum Gasteiger partial charge on any atom is 0.141 e. The van der Waals surface area contributed by atoms with Crippen molar-refractivity contribution in [1.29, 1.82) is 0 Å². The van der Waals surface area contributed by atoms with Gasteiger partial charge in [-0.2, -0.15) is 0 Å². The van der Waals surface area contributed by atoms with E-state index in [2.05, 4.69) is 10.3 Å². The molecule has 0 spiro atoms. The van der Waals surface area contributed by atoms with Crippen LogP contribution in [0.5, 0.6) is 5.75 Å². The summed E-state index contributed by atoms with van der Waals surface area (Å²) in [6.45, 7) is 1.42. The smallest absolute Gasteiger partial charge is 0.141 e. The fourth-order valence-corrected chi connectivity index (χ4v) is 0.916. The molecular formula is C8H11ClN2O. The molecule has 1 N–H and O–H groups in total. The maximum atomic E-state index is 5.80. The minimum Gasteiger partial charge on any atom is -0.491 e. The van der Waals surface area contributed by atoms with E-state index in [4.69, 9.17) is 16.3 Å². The van der Waals surface area contributed by atoms with Gasteiger partial charge in [0.05, 0.1) is 0 Å². The molecule has 0 fully saturated rings. The molecule has 1 aromatic rings. The Morgan fingerprint density at radius 3 is 3.17 bits per heavy atom. The Morgan fingerprint density at radius 1 is 1.67 bits per heavy atom. The standard InChI is InChI=1S/C8H11ClN2O/c1-10-4-5-12-8-2-3-11-6-7(8)9/h2-3,6,10H,4-5H2,1H3. The average Bonchev–Trinajstić information content (AvgIpc) is 2.09. The van der Waals surface area contributed by atoms with Crippen LogP contribution >= 0.6 is 11.6 Å². The van der Waals surface area contributed by atoms with Crippen molar-refractivity contribution in [1.82, 2.24) is 10.3 Å².